The Bertz CT molecular complexity index is 314. The quantitative estimate of drug-likeness (QED) is 0.582. The molecule has 1 unspecified atom stereocenters. The third kappa shape index (κ3) is 5.04. The molecule has 1 aromatic rings. The van der Waals surface area contributed by atoms with E-state index in [-0.39, 0.29) is 12.6 Å². The van der Waals surface area contributed by atoms with Gasteiger partial charge in [0.2, 0.25) is 0 Å². The molecule has 0 heterocycles. The standard InChI is InChI=1S/C14H24N2O2/c1-18-13-7-5-12(6-8-13)14(11-15)16-9-3-2-4-10-17/h5-8,14,16-17H,2-4,9-11,15H2,1H3. The maximum Gasteiger partial charge on any atom is 0.118 e. The van der Waals surface area contributed by atoms with Crippen molar-refractivity contribution in [2.45, 2.75) is 25.3 Å². The van der Waals surface area contributed by atoms with E-state index < -0.39 is 0 Å². The van der Waals surface area contributed by atoms with E-state index in [0.717, 1.165) is 31.6 Å². The summed E-state index contributed by atoms with van der Waals surface area (Å²) >= 11 is 0. The number of unbranched alkanes of at least 4 members (excludes halogenated alkanes) is 2. The summed E-state index contributed by atoms with van der Waals surface area (Å²) in [5.41, 5.74) is 6.96. The fraction of sp³-hybridized carbons (Fsp3) is 0.571. The van der Waals surface area contributed by atoms with Crippen LogP contribution in [0.1, 0.15) is 30.9 Å². The number of hydrogen-bond donors (Lipinski definition) is 3. The number of hydrogen-bond acceptors (Lipinski definition) is 4. The summed E-state index contributed by atoms with van der Waals surface area (Å²) < 4.78 is 5.13. The lowest BCUT2D eigenvalue weighted by Crippen LogP contribution is -2.29. The molecule has 0 aliphatic rings. The Hall–Kier alpha value is -1.10. The van der Waals surface area contributed by atoms with Gasteiger partial charge in [0.25, 0.3) is 0 Å². The van der Waals surface area contributed by atoms with Gasteiger partial charge < -0.3 is 20.9 Å². The fourth-order valence-electron chi connectivity index (χ4n) is 1.86. The van der Waals surface area contributed by atoms with E-state index in [2.05, 4.69) is 5.32 Å². The highest BCUT2D eigenvalue weighted by Gasteiger charge is 2.08. The molecule has 0 spiro atoms. The molecule has 0 aliphatic heterocycles. The molecule has 4 nitrogen and oxygen atoms in total. The molecule has 0 aromatic heterocycles. The number of benzene rings is 1. The molecule has 0 saturated carbocycles. The van der Waals surface area contributed by atoms with Crippen LogP contribution in [0.15, 0.2) is 24.3 Å². The van der Waals surface area contributed by atoms with Gasteiger partial charge in [-0.1, -0.05) is 12.1 Å². The molecule has 0 aliphatic carbocycles. The Kier molecular flexibility index (Phi) is 7.41. The summed E-state index contributed by atoms with van der Waals surface area (Å²) in [7, 11) is 1.66. The van der Waals surface area contributed by atoms with Crippen LogP contribution in [-0.4, -0.2) is 31.9 Å². The van der Waals surface area contributed by atoms with Crippen LogP contribution in [-0.2, 0) is 0 Å². The van der Waals surface area contributed by atoms with Crippen LogP contribution in [0.25, 0.3) is 0 Å². The lowest BCUT2D eigenvalue weighted by molar-refractivity contribution is 0.282. The molecule has 0 fully saturated rings. The van der Waals surface area contributed by atoms with Gasteiger partial charge in [-0.05, 0) is 43.5 Å². The predicted octanol–water partition coefficient (Wildman–Crippen LogP) is 1.45. The minimum Gasteiger partial charge on any atom is -0.497 e. The van der Waals surface area contributed by atoms with Crippen molar-refractivity contribution in [1.29, 1.82) is 0 Å². The van der Waals surface area contributed by atoms with Gasteiger partial charge in [-0.2, -0.15) is 0 Å². The third-order valence-electron chi connectivity index (χ3n) is 2.98. The molecule has 0 radical (unpaired) electrons. The Morgan fingerprint density at radius 3 is 2.50 bits per heavy atom. The van der Waals surface area contributed by atoms with Crippen LogP contribution in [0.3, 0.4) is 0 Å². The molecular formula is C14H24N2O2. The average Bonchev–Trinajstić information content (AvgIpc) is 2.43. The van der Waals surface area contributed by atoms with Crippen LogP contribution in [0, 0.1) is 0 Å². The minimum absolute atomic E-state index is 0.185. The van der Waals surface area contributed by atoms with Gasteiger partial charge in [0, 0.05) is 19.2 Å². The van der Waals surface area contributed by atoms with Crippen molar-refractivity contribution in [3.05, 3.63) is 29.8 Å². The van der Waals surface area contributed by atoms with Gasteiger partial charge in [0.05, 0.1) is 7.11 Å². The van der Waals surface area contributed by atoms with E-state index in [0.29, 0.717) is 6.54 Å². The first-order chi connectivity index (χ1) is 8.81. The van der Waals surface area contributed by atoms with Crippen molar-refractivity contribution in [2.75, 3.05) is 26.8 Å². The second-order valence-electron chi connectivity index (χ2n) is 4.30. The van der Waals surface area contributed by atoms with Crippen molar-refractivity contribution >= 4 is 0 Å². The first-order valence-electron chi connectivity index (χ1n) is 6.50. The van der Waals surface area contributed by atoms with E-state index in [1.165, 1.54) is 5.56 Å². The van der Waals surface area contributed by atoms with Crippen LogP contribution in [0.5, 0.6) is 5.75 Å². The monoisotopic (exact) mass is 252 g/mol. The Labute approximate surface area is 109 Å². The summed E-state index contributed by atoms with van der Waals surface area (Å²) in [6.45, 7) is 1.78. The SMILES string of the molecule is COc1ccc(C(CN)NCCCCCO)cc1. The van der Waals surface area contributed by atoms with Gasteiger partial charge in [0.15, 0.2) is 0 Å². The molecule has 4 N–H and O–H groups in total. The topological polar surface area (TPSA) is 67.5 Å². The normalized spacial score (nSPS) is 12.4. The number of rotatable bonds is 9. The fourth-order valence-corrected chi connectivity index (χ4v) is 1.86. The molecule has 0 bridgehead atoms. The second kappa shape index (κ2) is 8.91. The van der Waals surface area contributed by atoms with Gasteiger partial charge >= 0.3 is 0 Å². The van der Waals surface area contributed by atoms with Crippen LogP contribution >= 0.6 is 0 Å². The second-order valence-corrected chi connectivity index (χ2v) is 4.30. The summed E-state index contributed by atoms with van der Waals surface area (Å²) in [5, 5.41) is 12.1. The number of nitrogens with two attached hydrogens (primary N) is 1. The minimum atomic E-state index is 0.185. The Morgan fingerprint density at radius 2 is 1.94 bits per heavy atom. The van der Waals surface area contributed by atoms with Crippen molar-refractivity contribution in [3.8, 4) is 5.75 Å². The zero-order valence-corrected chi connectivity index (χ0v) is 11.1. The zero-order chi connectivity index (χ0) is 13.2. The summed E-state index contributed by atoms with van der Waals surface area (Å²) in [5.74, 6) is 0.859. The maximum absolute atomic E-state index is 8.70. The van der Waals surface area contributed by atoms with Crippen LogP contribution < -0.4 is 15.8 Å². The van der Waals surface area contributed by atoms with Gasteiger partial charge in [-0.3, -0.25) is 0 Å². The van der Waals surface area contributed by atoms with E-state index in [1.54, 1.807) is 7.11 Å². The number of aliphatic hydroxyl groups excluding tert-OH is 1. The highest BCUT2D eigenvalue weighted by atomic mass is 16.5. The lowest BCUT2D eigenvalue weighted by atomic mass is 10.1. The molecule has 18 heavy (non-hydrogen) atoms. The number of nitrogens with one attached hydrogen (secondary N) is 1. The van der Waals surface area contributed by atoms with Crippen molar-refractivity contribution in [2.24, 2.45) is 5.73 Å². The maximum atomic E-state index is 8.70. The van der Waals surface area contributed by atoms with E-state index in [9.17, 15) is 0 Å². The molecule has 4 heteroatoms. The van der Waals surface area contributed by atoms with Crippen molar-refractivity contribution in [3.63, 3.8) is 0 Å². The molecule has 1 atom stereocenters. The number of methoxy groups -OCH3 is 1. The van der Waals surface area contributed by atoms with Crippen molar-refractivity contribution in [1.82, 2.24) is 5.32 Å². The molecule has 1 aromatic carbocycles. The largest absolute Gasteiger partial charge is 0.497 e. The lowest BCUT2D eigenvalue weighted by Gasteiger charge is -2.17. The molecule has 0 amide bonds. The van der Waals surface area contributed by atoms with E-state index >= 15 is 0 Å². The number of aliphatic hydroxyl groups is 1. The van der Waals surface area contributed by atoms with Gasteiger partial charge in [-0.15, -0.1) is 0 Å². The first-order valence-corrected chi connectivity index (χ1v) is 6.50. The van der Waals surface area contributed by atoms with Gasteiger partial charge in [0.1, 0.15) is 5.75 Å². The zero-order valence-electron chi connectivity index (χ0n) is 11.1. The predicted molar refractivity (Wildman–Crippen MR) is 73.7 cm³/mol. The summed E-state index contributed by atoms with van der Waals surface area (Å²) in [6.07, 6.45) is 2.98. The third-order valence-corrected chi connectivity index (χ3v) is 2.98. The average molecular weight is 252 g/mol. The summed E-state index contributed by atoms with van der Waals surface area (Å²) in [4.78, 5) is 0. The Morgan fingerprint density at radius 1 is 1.22 bits per heavy atom. The highest BCUT2D eigenvalue weighted by Crippen LogP contribution is 2.16. The highest BCUT2D eigenvalue weighted by molar-refractivity contribution is 5.29. The first kappa shape index (κ1) is 15.0. The summed E-state index contributed by atoms with van der Waals surface area (Å²) in [6, 6.07) is 8.16. The van der Waals surface area contributed by atoms with Gasteiger partial charge in [-0.25, -0.2) is 0 Å². The Balaban J connectivity index is 2.39. The van der Waals surface area contributed by atoms with Crippen LogP contribution in [0.4, 0.5) is 0 Å². The van der Waals surface area contributed by atoms with E-state index in [1.807, 2.05) is 24.3 Å². The number of ether oxygens (including phenoxy) is 1. The smallest absolute Gasteiger partial charge is 0.118 e. The van der Waals surface area contributed by atoms with Crippen LogP contribution in [0.2, 0.25) is 0 Å². The molecular weight excluding hydrogens is 228 g/mol. The molecule has 1 rings (SSSR count). The van der Waals surface area contributed by atoms with E-state index in [4.69, 9.17) is 15.6 Å². The molecule has 0 saturated heterocycles. The van der Waals surface area contributed by atoms with Crippen molar-refractivity contribution < 1.29 is 9.84 Å². The molecule has 102 valence electrons.